The van der Waals surface area contributed by atoms with Gasteiger partial charge in [-0.2, -0.15) is 0 Å². The Bertz CT molecular complexity index is 604. The van der Waals surface area contributed by atoms with E-state index in [4.69, 9.17) is 4.52 Å². The molecule has 0 unspecified atom stereocenters. The van der Waals surface area contributed by atoms with Crippen molar-refractivity contribution in [1.82, 2.24) is 15.8 Å². The summed E-state index contributed by atoms with van der Waals surface area (Å²) in [6, 6.07) is 11.9. The lowest BCUT2D eigenvalue weighted by atomic mass is 10.1. The number of aliphatic imine (C=N–C) groups is 1. The molecule has 0 radical (unpaired) electrons. The quantitative estimate of drug-likeness (QED) is 0.607. The first-order valence-electron chi connectivity index (χ1n) is 8.22. The van der Waals surface area contributed by atoms with E-state index in [1.807, 2.05) is 36.4 Å². The van der Waals surface area contributed by atoms with Crippen LogP contribution in [0.4, 0.5) is 0 Å². The molecule has 0 bridgehead atoms. The normalized spacial score (nSPS) is 11.7. The van der Waals surface area contributed by atoms with Crippen molar-refractivity contribution in [3.05, 3.63) is 42.1 Å². The second-order valence-electron chi connectivity index (χ2n) is 5.85. The molecule has 0 saturated heterocycles. The van der Waals surface area contributed by atoms with E-state index in [0.29, 0.717) is 12.5 Å². The lowest BCUT2D eigenvalue weighted by Crippen LogP contribution is -2.38. The molecule has 5 heteroatoms. The third-order valence-electron chi connectivity index (χ3n) is 3.37. The van der Waals surface area contributed by atoms with E-state index >= 15 is 0 Å². The van der Waals surface area contributed by atoms with E-state index < -0.39 is 0 Å². The standard InChI is InChI=1S/C18H26N4O/c1-4-19-18(20-11-10-14(2)3)21-13-16-12-17(23-22-16)15-8-6-5-7-9-15/h5-9,12,14H,4,10-11,13H2,1-3H3,(H2,19,20,21). The highest BCUT2D eigenvalue weighted by Gasteiger charge is 2.06. The average Bonchev–Trinajstić information content (AvgIpc) is 3.02. The van der Waals surface area contributed by atoms with E-state index in [1.165, 1.54) is 0 Å². The van der Waals surface area contributed by atoms with Gasteiger partial charge >= 0.3 is 0 Å². The van der Waals surface area contributed by atoms with Crippen molar-refractivity contribution in [3.63, 3.8) is 0 Å². The summed E-state index contributed by atoms with van der Waals surface area (Å²) in [5, 5.41) is 10.7. The minimum atomic E-state index is 0.493. The summed E-state index contributed by atoms with van der Waals surface area (Å²) >= 11 is 0. The fraction of sp³-hybridized carbons (Fsp3) is 0.444. The predicted octanol–water partition coefficient (Wildman–Crippen LogP) is 3.44. The van der Waals surface area contributed by atoms with Crippen molar-refractivity contribution in [3.8, 4) is 11.3 Å². The molecule has 2 rings (SSSR count). The van der Waals surface area contributed by atoms with Gasteiger partial charge in [0, 0.05) is 24.7 Å². The summed E-state index contributed by atoms with van der Waals surface area (Å²) in [6.07, 6.45) is 1.12. The largest absolute Gasteiger partial charge is 0.357 e. The average molecular weight is 314 g/mol. The van der Waals surface area contributed by atoms with Crippen LogP contribution in [-0.4, -0.2) is 24.2 Å². The van der Waals surface area contributed by atoms with Crippen LogP contribution in [0.3, 0.4) is 0 Å². The maximum absolute atomic E-state index is 5.40. The zero-order valence-electron chi connectivity index (χ0n) is 14.2. The third kappa shape index (κ3) is 5.77. The highest BCUT2D eigenvalue weighted by molar-refractivity contribution is 5.79. The van der Waals surface area contributed by atoms with Crippen LogP contribution in [-0.2, 0) is 6.54 Å². The van der Waals surface area contributed by atoms with Crippen molar-refractivity contribution in [2.75, 3.05) is 13.1 Å². The summed E-state index contributed by atoms with van der Waals surface area (Å²) < 4.78 is 5.40. The molecule has 0 aliphatic carbocycles. The molecule has 1 aromatic carbocycles. The molecule has 23 heavy (non-hydrogen) atoms. The van der Waals surface area contributed by atoms with Gasteiger partial charge in [0.2, 0.25) is 0 Å². The Labute approximate surface area is 138 Å². The molecular formula is C18H26N4O. The molecule has 124 valence electrons. The number of nitrogens with one attached hydrogen (secondary N) is 2. The predicted molar refractivity (Wildman–Crippen MR) is 94.2 cm³/mol. The van der Waals surface area contributed by atoms with Gasteiger partial charge in [-0.1, -0.05) is 49.3 Å². The molecule has 0 atom stereocenters. The number of aromatic nitrogens is 1. The van der Waals surface area contributed by atoms with E-state index in [1.54, 1.807) is 0 Å². The maximum atomic E-state index is 5.40. The van der Waals surface area contributed by atoms with Crippen molar-refractivity contribution < 1.29 is 4.52 Å². The van der Waals surface area contributed by atoms with Crippen LogP contribution in [0.1, 0.15) is 32.9 Å². The molecule has 0 saturated carbocycles. The Morgan fingerprint density at radius 3 is 2.70 bits per heavy atom. The first kappa shape index (κ1) is 17.1. The van der Waals surface area contributed by atoms with E-state index in [0.717, 1.165) is 42.5 Å². The van der Waals surface area contributed by atoms with Gasteiger partial charge in [-0.05, 0) is 19.3 Å². The van der Waals surface area contributed by atoms with Crippen molar-refractivity contribution in [1.29, 1.82) is 0 Å². The van der Waals surface area contributed by atoms with Crippen LogP contribution >= 0.6 is 0 Å². The second kappa shape index (κ2) is 8.98. The number of guanidine groups is 1. The molecule has 0 aliphatic heterocycles. The lowest BCUT2D eigenvalue weighted by molar-refractivity contribution is 0.424. The van der Waals surface area contributed by atoms with Gasteiger partial charge < -0.3 is 15.2 Å². The fourth-order valence-corrected chi connectivity index (χ4v) is 2.11. The van der Waals surface area contributed by atoms with Crippen LogP contribution < -0.4 is 10.6 Å². The zero-order valence-corrected chi connectivity index (χ0v) is 14.2. The van der Waals surface area contributed by atoms with Gasteiger partial charge in [0.15, 0.2) is 11.7 Å². The molecule has 0 amide bonds. The summed E-state index contributed by atoms with van der Waals surface area (Å²) in [7, 11) is 0. The Morgan fingerprint density at radius 1 is 1.22 bits per heavy atom. The lowest BCUT2D eigenvalue weighted by Gasteiger charge is -2.11. The van der Waals surface area contributed by atoms with E-state index in [2.05, 4.69) is 41.6 Å². The molecule has 2 N–H and O–H groups in total. The topological polar surface area (TPSA) is 62.5 Å². The van der Waals surface area contributed by atoms with Crippen molar-refractivity contribution in [2.24, 2.45) is 10.9 Å². The summed E-state index contributed by atoms with van der Waals surface area (Å²) in [4.78, 5) is 4.56. The van der Waals surface area contributed by atoms with Crippen LogP contribution in [0.5, 0.6) is 0 Å². The molecular weight excluding hydrogens is 288 g/mol. The first-order valence-corrected chi connectivity index (χ1v) is 8.22. The highest BCUT2D eigenvalue weighted by atomic mass is 16.5. The second-order valence-corrected chi connectivity index (χ2v) is 5.85. The highest BCUT2D eigenvalue weighted by Crippen LogP contribution is 2.19. The monoisotopic (exact) mass is 314 g/mol. The fourth-order valence-electron chi connectivity index (χ4n) is 2.11. The van der Waals surface area contributed by atoms with Crippen molar-refractivity contribution in [2.45, 2.75) is 33.7 Å². The minimum absolute atomic E-state index is 0.493. The maximum Gasteiger partial charge on any atom is 0.191 e. The SMILES string of the molecule is CCNC(=NCc1cc(-c2ccccc2)on1)NCCC(C)C. The molecule has 2 aromatic rings. The number of hydrogen-bond acceptors (Lipinski definition) is 3. The zero-order chi connectivity index (χ0) is 16.5. The molecule has 0 spiro atoms. The number of nitrogens with zero attached hydrogens (tertiary/aromatic N) is 2. The number of benzene rings is 1. The summed E-state index contributed by atoms with van der Waals surface area (Å²) in [6.45, 7) is 8.73. The molecule has 1 aromatic heterocycles. The van der Waals surface area contributed by atoms with Gasteiger partial charge in [0.1, 0.15) is 5.69 Å². The number of rotatable bonds is 7. The Hall–Kier alpha value is -2.30. The Kier molecular flexibility index (Phi) is 6.66. The molecule has 0 aliphatic rings. The summed E-state index contributed by atoms with van der Waals surface area (Å²) in [5.41, 5.74) is 1.85. The van der Waals surface area contributed by atoms with E-state index in [9.17, 15) is 0 Å². The molecule has 1 heterocycles. The van der Waals surface area contributed by atoms with Gasteiger partial charge in [-0.3, -0.25) is 0 Å². The van der Waals surface area contributed by atoms with Gasteiger partial charge in [-0.15, -0.1) is 0 Å². The van der Waals surface area contributed by atoms with Crippen LogP contribution in [0.25, 0.3) is 11.3 Å². The van der Waals surface area contributed by atoms with Crippen LogP contribution in [0.2, 0.25) is 0 Å². The van der Waals surface area contributed by atoms with Crippen LogP contribution in [0.15, 0.2) is 45.9 Å². The first-order chi connectivity index (χ1) is 11.2. The summed E-state index contributed by atoms with van der Waals surface area (Å²) in [5.74, 6) is 2.26. The van der Waals surface area contributed by atoms with Gasteiger partial charge in [0.05, 0.1) is 6.54 Å². The minimum Gasteiger partial charge on any atom is -0.357 e. The smallest absolute Gasteiger partial charge is 0.191 e. The van der Waals surface area contributed by atoms with Crippen LogP contribution in [0, 0.1) is 5.92 Å². The van der Waals surface area contributed by atoms with Crippen molar-refractivity contribution >= 4 is 5.96 Å². The Balaban J connectivity index is 1.95. The Morgan fingerprint density at radius 2 is 2.00 bits per heavy atom. The third-order valence-corrected chi connectivity index (χ3v) is 3.37. The molecule has 5 nitrogen and oxygen atoms in total. The molecule has 0 fully saturated rings. The van der Waals surface area contributed by atoms with E-state index in [-0.39, 0.29) is 0 Å². The van der Waals surface area contributed by atoms with Gasteiger partial charge in [0.25, 0.3) is 0 Å². The number of hydrogen-bond donors (Lipinski definition) is 2. The van der Waals surface area contributed by atoms with Gasteiger partial charge in [-0.25, -0.2) is 4.99 Å².